The molecule has 0 saturated carbocycles. The third-order valence-electron chi connectivity index (χ3n) is 2.67. The molecule has 0 aliphatic carbocycles. The zero-order valence-corrected chi connectivity index (χ0v) is 14.5. The number of carboxylic acid groups (broad SMARTS) is 1. The van der Waals surface area contributed by atoms with Gasteiger partial charge in [-0.15, -0.1) is 0 Å². The van der Waals surface area contributed by atoms with Crippen molar-refractivity contribution in [2.24, 2.45) is 0 Å². The molecular formula is C15H21BrN2O4. The fourth-order valence-electron chi connectivity index (χ4n) is 1.78. The number of halogens is 1. The summed E-state index contributed by atoms with van der Waals surface area (Å²) in [6.45, 7) is 5.32. The number of ether oxygens (including phenoxy) is 1. The molecule has 1 unspecified atom stereocenters. The fourth-order valence-corrected chi connectivity index (χ4v) is 2.01. The third kappa shape index (κ3) is 7.97. The zero-order valence-electron chi connectivity index (χ0n) is 12.9. The summed E-state index contributed by atoms with van der Waals surface area (Å²) < 4.78 is 6.07. The van der Waals surface area contributed by atoms with Crippen LogP contribution in [-0.2, 0) is 16.0 Å². The maximum atomic E-state index is 11.8. The predicted octanol–water partition coefficient (Wildman–Crippen LogP) is 3.14. The van der Waals surface area contributed by atoms with Crippen molar-refractivity contribution < 1.29 is 19.4 Å². The van der Waals surface area contributed by atoms with E-state index >= 15 is 0 Å². The molecule has 6 nitrogen and oxygen atoms in total. The minimum Gasteiger partial charge on any atom is -0.481 e. The first kappa shape index (κ1) is 18.4. The molecule has 0 bridgehead atoms. The SMILES string of the molecule is CC(C)(C)OC(=O)NC(CCC(=O)O)Cc1ccc(Br)cn1. The van der Waals surface area contributed by atoms with Gasteiger partial charge in [-0.25, -0.2) is 4.79 Å². The lowest BCUT2D eigenvalue weighted by Crippen LogP contribution is -2.40. The van der Waals surface area contributed by atoms with E-state index in [9.17, 15) is 9.59 Å². The van der Waals surface area contributed by atoms with E-state index in [1.165, 1.54) is 0 Å². The number of carboxylic acids is 1. The van der Waals surface area contributed by atoms with Crippen LogP contribution in [0.2, 0.25) is 0 Å². The Hall–Kier alpha value is -1.63. The number of nitrogens with one attached hydrogen (secondary N) is 1. The first-order chi connectivity index (χ1) is 10.2. The molecule has 7 heteroatoms. The van der Waals surface area contributed by atoms with Gasteiger partial charge >= 0.3 is 12.1 Å². The molecule has 0 spiro atoms. The van der Waals surface area contributed by atoms with Crippen LogP contribution in [0.15, 0.2) is 22.8 Å². The summed E-state index contributed by atoms with van der Waals surface area (Å²) in [5, 5.41) is 11.5. The number of aliphatic carboxylic acids is 1. The van der Waals surface area contributed by atoms with Gasteiger partial charge in [-0.1, -0.05) is 0 Å². The van der Waals surface area contributed by atoms with E-state index in [0.29, 0.717) is 12.8 Å². The molecule has 1 rings (SSSR count). The van der Waals surface area contributed by atoms with Crippen LogP contribution in [0.25, 0.3) is 0 Å². The number of rotatable bonds is 6. The lowest BCUT2D eigenvalue weighted by molar-refractivity contribution is -0.137. The van der Waals surface area contributed by atoms with Gasteiger partial charge in [0.05, 0.1) is 0 Å². The van der Waals surface area contributed by atoms with E-state index in [1.54, 1.807) is 27.0 Å². The van der Waals surface area contributed by atoms with E-state index in [-0.39, 0.29) is 12.5 Å². The summed E-state index contributed by atoms with van der Waals surface area (Å²) in [7, 11) is 0. The van der Waals surface area contributed by atoms with Gasteiger partial charge in [-0.2, -0.15) is 0 Å². The number of alkyl carbamates (subject to hydrolysis) is 1. The summed E-state index contributed by atoms with van der Waals surface area (Å²) >= 11 is 3.30. The van der Waals surface area contributed by atoms with Crippen molar-refractivity contribution in [3.05, 3.63) is 28.5 Å². The minimum atomic E-state index is -0.903. The molecule has 0 aliphatic rings. The monoisotopic (exact) mass is 372 g/mol. The summed E-state index contributed by atoms with van der Waals surface area (Å²) in [6.07, 6.45) is 1.83. The number of pyridine rings is 1. The Kier molecular flexibility index (Phi) is 6.80. The maximum Gasteiger partial charge on any atom is 0.407 e. The number of carbonyl (C=O) groups is 2. The summed E-state index contributed by atoms with van der Waals surface area (Å²) in [6, 6.07) is 3.33. The molecule has 0 radical (unpaired) electrons. The molecule has 1 aromatic rings. The van der Waals surface area contributed by atoms with Crippen LogP contribution < -0.4 is 5.32 Å². The lowest BCUT2D eigenvalue weighted by Gasteiger charge is -2.23. The largest absolute Gasteiger partial charge is 0.481 e. The molecule has 1 atom stereocenters. The average molecular weight is 373 g/mol. The van der Waals surface area contributed by atoms with Crippen molar-refractivity contribution >= 4 is 28.0 Å². The summed E-state index contributed by atoms with van der Waals surface area (Å²) in [5.41, 5.74) is 0.173. The Bertz CT molecular complexity index is 511. The highest BCUT2D eigenvalue weighted by Crippen LogP contribution is 2.12. The molecular weight excluding hydrogens is 352 g/mol. The van der Waals surface area contributed by atoms with Crippen LogP contribution in [-0.4, -0.2) is 33.8 Å². The van der Waals surface area contributed by atoms with Gasteiger partial charge in [-0.3, -0.25) is 9.78 Å². The van der Waals surface area contributed by atoms with Crippen LogP contribution in [0.3, 0.4) is 0 Å². The number of aromatic nitrogens is 1. The van der Waals surface area contributed by atoms with Gasteiger partial charge in [0, 0.05) is 35.2 Å². The lowest BCUT2D eigenvalue weighted by atomic mass is 10.1. The van der Waals surface area contributed by atoms with Crippen molar-refractivity contribution in [3.63, 3.8) is 0 Å². The number of hydrogen-bond donors (Lipinski definition) is 2. The quantitative estimate of drug-likeness (QED) is 0.800. The second-order valence-electron chi connectivity index (χ2n) is 5.95. The Labute approximate surface area is 138 Å². The standard InChI is InChI=1S/C15H21BrN2O4/c1-15(2,3)22-14(21)18-12(6-7-13(19)20)8-11-5-4-10(16)9-17-11/h4-5,9,12H,6-8H2,1-3H3,(H,18,21)(H,19,20). The maximum absolute atomic E-state index is 11.8. The molecule has 2 N–H and O–H groups in total. The van der Waals surface area contributed by atoms with Crippen LogP contribution in [0.1, 0.15) is 39.3 Å². The van der Waals surface area contributed by atoms with Gasteiger partial charge in [0.1, 0.15) is 5.60 Å². The van der Waals surface area contributed by atoms with Crippen LogP contribution in [0.5, 0.6) is 0 Å². The normalized spacial score (nSPS) is 12.5. The van der Waals surface area contributed by atoms with E-state index in [4.69, 9.17) is 9.84 Å². The first-order valence-electron chi connectivity index (χ1n) is 6.97. The van der Waals surface area contributed by atoms with Crippen molar-refractivity contribution in [1.29, 1.82) is 0 Å². The number of nitrogens with zero attached hydrogens (tertiary/aromatic N) is 1. The first-order valence-corrected chi connectivity index (χ1v) is 7.77. The molecule has 0 saturated heterocycles. The van der Waals surface area contributed by atoms with Crippen molar-refractivity contribution in [1.82, 2.24) is 10.3 Å². The third-order valence-corrected chi connectivity index (χ3v) is 3.14. The predicted molar refractivity (Wildman–Crippen MR) is 85.7 cm³/mol. The highest BCUT2D eigenvalue weighted by Gasteiger charge is 2.20. The van der Waals surface area contributed by atoms with E-state index < -0.39 is 17.7 Å². The molecule has 0 fully saturated rings. The molecule has 1 amide bonds. The van der Waals surface area contributed by atoms with Crippen LogP contribution in [0, 0.1) is 0 Å². The van der Waals surface area contributed by atoms with Gasteiger partial charge in [0.25, 0.3) is 0 Å². The van der Waals surface area contributed by atoms with Crippen LogP contribution in [0.4, 0.5) is 4.79 Å². The number of hydrogen-bond acceptors (Lipinski definition) is 4. The highest BCUT2D eigenvalue weighted by atomic mass is 79.9. The molecule has 0 aromatic carbocycles. The topological polar surface area (TPSA) is 88.5 Å². The minimum absolute atomic E-state index is 0.0308. The van der Waals surface area contributed by atoms with E-state index in [1.807, 2.05) is 12.1 Å². The fraction of sp³-hybridized carbons (Fsp3) is 0.533. The average Bonchev–Trinajstić information content (AvgIpc) is 2.36. The van der Waals surface area contributed by atoms with Gasteiger partial charge in [-0.05, 0) is 55.3 Å². The zero-order chi connectivity index (χ0) is 16.8. The van der Waals surface area contributed by atoms with E-state index in [2.05, 4.69) is 26.2 Å². The molecule has 1 aromatic heterocycles. The van der Waals surface area contributed by atoms with Crippen molar-refractivity contribution in [2.75, 3.05) is 0 Å². The van der Waals surface area contributed by atoms with Crippen LogP contribution >= 0.6 is 15.9 Å². The van der Waals surface area contributed by atoms with Crippen molar-refractivity contribution in [2.45, 2.75) is 51.7 Å². The molecule has 1 heterocycles. The summed E-state index contributed by atoms with van der Waals surface area (Å²) in [5.74, 6) is -0.903. The van der Waals surface area contributed by atoms with E-state index in [0.717, 1.165) is 10.2 Å². The van der Waals surface area contributed by atoms with Gasteiger partial charge in [0.15, 0.2) is 0 Å². The smallest absolute Gasteiger partial charge is 0.407 e. The second kappa shape index (κ2) is 8.12. The molecule has 0 aliphatic heterocycles. The Morgan fingerprint density at radius 1 is 1.41 bits per heavy atom. The van der Waals surface area contributed by atoms with Crippen molar-refractivity contribution in [3.8, 4) is 0 Å². The summed E-state index contributed by atoms with van der Waals surface area (Å²) in [4.78, 5) is 26.8. The van der Waals surface area contributed by atoms with Gasteiger partial charge in [0.2, 0.25) is 0 Å². The number of carbonyl (C=O) groups excluding carboxylic acids is 1. The molecule has 22 heavy (non-hydrogen) atoms. The molecule has 122 valence electrons. The second-order valence-corrected chi connectivity index (χ2v) is 6.86. The van der Waals surface area contributed by atoms with Gasteiger partial charge < -0.3 is 15.2 Å². The number of amides is 1. The Morgan fingerprint density at radius 3 is 2.59 bits per heavy atom. The highest BCUT2D eigenvalue weighted by molar-refractivity contribution is 9.10. The Morgan fingerprint density at radius 2 is 2.09 bits per heavy atom. The Balaban J connectivity index is 2.68.